The van der Waals surface area contributed by atoms with Gasteiger partial charge < -0.3 is 14.5 Å². The van der Waals surface area contributed by atoms with E-state index in [9.17, 15) is 9.59 Å². The van der Waals surface area contributed by atoms with Crippen molar-refractivity contribution in [1.82, 2.24) is 4.90 Å². The van der Waals surface area contributed by atoms with Gasteiger partial charge in [-0.25, -0.2) is 0 Å². The Morgan fingerprint density at radius 2 is 1.68 bits per heavy atom. The fraction of sp³-hybridized carbons (Fsp3) is 0.214. The van der Waals surface area contributed by atoms with E-state index in [-0.39, 0.29) is 11.3 Å². The number of nitrogens with one attached hydrogen (secondary N) is 1. The molecule has 3 aromatic carbocycles. The third kappa shape index (κ3) is 4.93. The molecule has 172 valence electrons. The second-order valence-corrected chi connectivity index (χ2v) is 8.59. The minimum atomic E-state index is -0.192. The molecule has 1 aliphatic heterocycles. The summed E-state index contributed by atoms with van der Waals surface area (Å²) in [6.45, 7) is 6.26. The zero-order valence-electron chi connectivity index (χ0n) is 19.0. The molecule has 0 radical (unpaired) electrons. The number of carbonyl (C=O) groups excluding carboxylic acids is 1. The summed E-state index contributed by atoms with van der Waals surface area (Å²) in [7, 11) is 0. The normalized spacial score (nSPS) is 14.3. The van der Waals surface area contributed by atoms with Crippen LogP contribution in [0.5, 0.6) is 0 Å². The first-order valence-electron chi connectivity index (χ1n) is 11.4. The molecule has 0 saturated carbocycles. The van der Waals surface area contributed by atoms with Gasteiger partial charge in [-0.3, -0.25) is 14.5 Å². The first kappa shape index (κ1) is 22.1. The molecule has 1 saturated heterocycles. The molecule has 0 spiro atoms. The Morgan fingerprint density at radius 1 is 0.941 bits per heavy atom. The van der Waals surface area contributed by atoms with Gasteiger partial charge in [0.1, 0.15) is 11.3 Å². The van der Waals surface area contributed by atoms with E-state index in [1.54, 1.807) is 24.3 Å². The van der Waals surface area contributed by atoms with Crippen LogP contribution in [0.25, 0.3) is 22.3 Å². The topological polar surface area (TPSA) is 71.8 Å². The Morgan fingerprint density at radius 3 is 2.41 bits per heavy atom. The lowest BCUT2D eigenvalue weighted by Crippen LogP contribution is -2.35. The van der Waals surface area contributed by atoms with Crippen molar-refractivity contribution < 1.29 is 13.9 Å². The van der Waals surface area contributed by atoms with E-state index in [1.807, 2.05) is 49.4 Å². The highest BCUT2D eigenvalue weighted by molar-refractivity contribution is 6.04. The Bertz CT molecular complexity index is 1370. The Kier molecular flexibility index (Phi) is 6.25. The molecule has 4 aromatic rings. The van der Waals surface area contributed by atoms with E-state index in [4.69, 9.17) is 9.15 Å². The first-order valence-corrected chi connectivity index (χ1v) is 11.4. The van der Waals surface area contributed by atoms with Crippen molar-refractivity contribution in [1.29, 1.82) is 0 Å². The monoisotopic (exact) mass is 454 g/mol. The molecule has 1 N–H and O–H groups in total. The number of amides is 1. The van der Waals surface area contributed by atoms with Crippen LogP contribution in [0.3, 0.4) is 0 Å². The quantitative estimate of drug-likeness (QED) is 0.467. The highest BCUT2D eigenvalue weighted by Crippen LogP contribution is 2.23. The fourth-order valence-corrected chi connectivity index (χ4v) is 4.11. The fourth-order valence-electron chi connectivity index (χ4n) is 4.11. The smallest absolute Gasteiger partial charge is 0.255 e. The SMILES string of the molecule is Cc1ccc2oc(-c3ccc(C(=O)Nc4ccc(CN5CCOCC5)cc4)cc3)cc(=O)c2c1. The zero-order valence-corrected chi connectivity index (χ0v) is 19.0. The number of fused-ring (bicyclic) bond motifs is 1. The number of nitrogens with zero attached hydrogens (tertiary/aromatic N) is 1. The molecular weight excluding hydrogens is 428 g/mol. The highest BCUT2D eigenvalue weighted by atomic mass is 16.5. The number of anilines is 1. The van der Waals surface area contributed by atoms with Gasteiger partial charge in [0.25, 0.3) is 5.91 Å². The number of benzene rings is 3. The average Bonchev–Trinajstić information content (AvgIpc) is 2.86. The molecular formula is C28H26N2O4. The van der Waals surface area contributed by atoms with Crippen LogP contribution in [-0.2, 0) is 11.3 Å². The molecule has 1 aliphatic rings. The van der Waals surface area contributed by atoms with Crippen molar-refractivity contribution in [2.75, 3.05) is 31.6 Å². The third-order valence-electron chi connectivity index (χ3n) is 6.04. The minimum Gasteiger partial charge on any atom is -0.456 e. The molecule has 0 unspecified atom stereocenters. The predicted octanol–water partition coefficient (Wildman–Crippen LogP) is 4.85. The number of rotatable bonds is 5. The summed E-state index contributed by atoms with van der Waals surface area (Å²) in [5.74, 6) is 0.284. The van der Waals surface area contributed by atoms with Crippen LogP contribution < -0.4 is 10.7 Å². The van der Waals surface area contributed by atoms with Crippen molar-refractivity contribution in [3.63, 3.8) is 0 Å². The van der Waals surface area contributed by atoms with Crippen molar-refractivity contribution in [3.8, 4) is 11.3 Å². The molecule has 1 amide bonds. The Labute approximate surface area is 197 Å². The standard InChI is InChI=1S/C28H26N2O4/c1-19-2-11-26-24(16-19)25(31)17-27(34-26)21-5-7-22(8-6-21)28(32)29-23-9-3-20(4-10-23)18-30-12-14-33-15-13-30/h2-11,16-17H,12-15,18H2,1H3,(H,29,32). The molecule has 5 rings (SSSR count). The molecule has 1 aromatic heterocycles. The largest absolute Gasteiger partial charge is 0.456 e. The number of hydrogen-bond acceptors (Lipinski definition) is 5. The van der Waals surface area contributed by atoms with Crippen LogP contribution in [0.2, 0.25) is 0 Å². The van der Waals surface area contributed by atoms with Crippen LogP contribution in [0.1, 0.15) is 21.5 Å². The van der Waals surface area contributed by atoms with Gasteiger partial charge in [-0.1, -0.05) is 35.9 Å². The summed E-state index contributed by atoms with van der Waals surface area (Å²) in [5.41, 5.74) is 4.69. The maximum Gasteiger partial charge on any atom is 0.255 e. The van der Waals surface area contributed by atoms with Crippen molar-refractivity contribution in [3.05, 3.63) is 99.7 Å². The van der Waals surface area contributed by atoms with Gasteiger partial charge in [0.15, 0.2) is 5.43 Å². The highest BCUT2D eigenvalue weighted by Gasteiger charge is 2.12. The molecule has 34 heavy (non-hydrogen) atoms. The number of aryl methyl sites for hydroxylation is 1. The number of morpholine rings is 1. The van der Waals surface area contributed by atoms with Crippen molar-refractivity contribution in [2.45, 2.75) is 13.5 Å². The second-order valence-electron chi connectivity index (χ2n) is 8.59. The molecule has 0 aliphatic carbocycles. The number of ether oxygens (including phenoxy) is 1. The van der Waals surface area contributed by atoms with E-state index in [2.05, 4.69) is 10.2 Å². The summed E-state index contributed by atoms with van der Waals surface area (Å²) < 4.78 is 11.3. The van der Waals surface area contributed by atoms with Gasteiger partial charge in [0.2, 0.25) is 0 Å². The summed E-state index contributed by atoms with van der Waals surface area (Å²) in [5, 5.41) is 3.51. The van der Waals surface area contributed by atoms with Gasteiger partial charge in [-0.05, 0) is 48.9 Å². The lowest BCUT2D eigenvalue weighted by Gasteiger charge is -2.26. The summed E-state index contributed by atoms with van der Waals surface area (Å²) >= 11 is 0. The molecule has 6 heteroatoms. The second kappa shape index (κ2) is 9.63. The third-order valence-corrected chi connectivity index (χ3v) is 6.04. The minimum absolute atomic E-state index is 0.0844. The maximum absolute atomic E-state index is 12.7. The molecule has 1 fully saturated rings. The van der Waals surface area contributed by atoms with E-state index in [0.29, 0.717) is 22.3 Å². The van der Waals surface area contributed by atoms with Crippen LogP contribution in [-0.4, -0.2) is 37.1 Å². The van der Waals surface area contributed by atoms with Crippen LogP contribution >= 0.6 is 0 Å². The van der Waals surface area contributed by atoms with Crippen LogP contribution in [0.15, 0.2) is 82.0 Å². The zero-order chi connectivity index (χ0) is 23.5. The Hall–Kier alpha value is -3.74. The van der Waals surface area contributed by atoms with Crippen LogP contribution in [0, 0.1) is 6.92 Å². The molecule has 0 bridgehead atoms. The van der Waals surface area contributed by atoms with E-state index in [0.717, 1.165) is 49.7 Å². The molecule has 6 nitrogen and oxygen atoms in total. The number of carbonyl (C=O) groups is 1. The average molecular weight is 455 g/mol. The lowest BCUT2D eigenvalue weighted by molar-refractivity contribution is 0.0342. The number of hydrogen-bond donors (Lipinski definition) is 1. The maximum atomic E-state index is 12.7. The lowest BCUT2D eigenvalue weighted by atomic mass is 10.1. The van der Waals surface area contributed by atoms with Gasteiger partial charge in [-0.15, -0.1) is 0 Å². The van der Waals surface area contributed by atoms with Crippen molar-refractivity contribution in [2.24, 2.45) is 0 Å². The summed E-state index contributed by atoms with van der Waals surface area (Å²) in [6, 6.07) is 22.0. The van der Waals surface area contributed by atoms with Gasteiger partial charge in [-0.2, -0.15) is 0 Å². The van der Waals surface area contributed by atoms with Gasteiger partial charge >= 0.3 is 0 Å². The molecule has 0 atom stereocenters. The predicted molar refractivity (Wildman–Crippen MR) is 133 cm³/mol. The Balaban J connectivity index is 1.26. The van der Waals surface area contributed by atoms with Gasteiger partial charge in [0, 0.05) is 42.5 Å². The van der Waals surface area contributed by atoms with E-state index >= 15 is 0 Å². The van der Waals surface area contributed by atoms with Crippen molar-refractivity contribution >= 4 is 22.6 Å². The van der Waals surface area contributed by atoms with E-state index in [1.165, 1.54) is 11.6 Å². The van der Waals surface area contributed by atoms with Crippen LogP contribution in [0.4, 0.5) is 5.69 Å². The first-order chi connectivity index (χ1) is 16.5. The van der Waals surface area contributed by atoms with Gasteiger partial charge in [0.05, 0.1) is 18.6 Å². The summed E-state index contributed by atoms with van der Waals surface area (Å²) in [6.07, 6.45) is 0. The molecule has 2 heterocycles. The summed E-state index contributed by atoms with van der Waals surface area (Å²) in [4.78, 5) is 27.6. The van der Waals surface area contributed by atoms with E-state index < -0.39 is 0 Å².